The normalized spacial score (nSPS) is 12.6. The minimum atomic E-state index is -4.64. The van der Waals surface area contributed by atoms with Crippen LogP contribution in [0.3, 0.4) is 0 Å². The molecule has 0 aliphatic heterocycles. The lowest BCUT2D eigenvalue weighted by Gasteiger charge is -2.15. The van der Waals surface area contributed by atoms with Crippen LogP contribution in [0, 0.1) is 23.2 Å². The lowest BCUT2D eigenvalue weighted by molar-refractivity contribution is -0.137. The summed E-state index contributed by atoms with van der Waals surface area (Å²) >= 11 is 11.6. The summed E-state index contributed by atoms with van der Waals surface area (Å²) in [6, 6.07) is 9.80. The molecule has 28 heavy (non-hydrogen) atoms. The molecule has 0 spiro atoms. The van der Waals surface area contributed by atoms with Gasteiger partial charge in [0.05, 0.1) is 17.6 Å². The fraction of sp³-hybridized carbons (Fsp3) is 0.105. The molecule has 0 saturated heterocycles. The van der Waals surface area contributed by atoms with Crippen LogP contribution in [0.4, 0.5) is 18.9 Å². The summed E-state index contributed by atoms with van der Waals surface area (Å²) in [4.78, 5) is 7.50. The van der Waals surface area contributed by atoms with Crippen molar-refractivity contribution in [1.29, 1.82) is 5.26 Å². The number of nitrogens with two attached hydrogens (primary N) is 1. The first-order chi connectivity index (χ1) is 13.2. The van der Waals surface area contributed by atoms with Crippen LogP contribution in [0.25, 0.3) is 0 Å². The largest absolute Gasteiger partial charge is 0.406 e. The van der Waals surface area contributed by atoms with Crippen LogP contribution in [-0.2, 0) is 0 Å². The van der Waals surface area contributed by atoms with Crippen LogP contribution in [-0.4, -0.2) is 18.9 Å². The molecule has 0 bridgehead atoms. The molecule has 9 heteroatoms. The van der Waals surface area contributed by atoms with Crippen LogP contribution >= 0.6 is 23.2 Å². The maximum absolute atomic E-state index is 13.5. The third-order valence-corrected chi connectivity index (χ3v) is 3.81. The van der Waals surface area contributed by atoms with Crippen LogP contribution in [0.1, 0.15) is 22.6 Å². The highest BCUT2D eigenvalue weighted by Gasteiger charge is 2.40. The van der Waals surface area contributed by atoms with Crippen LogP contribution in [0.15, 0.2) is 46.4 Å². The Labute approximate surface area is 169 Å². The molecule has 0 unspecified atom stereocenters. The number of halogens is 5. The summed E-state index contributed by atoms with van der Waals surface area (Å²) in [6.07, 6.45) is -2.47. The monoisotopic (exact) mass is 422 g/mol. The van der Waals surface area contributed by atoms with Gasteiger partial charge in [0.1, 0.15) is 18.3 Å². The molecule has 2 rings (SSSR count). The minimum Gasteiger partial charge on any atom is -0.390 e. The first kappa shape index (κ1) is 21.3. The van der Waals surface area contributed by atoms with E-state index in [9.17, 15) is 18.4 Å². The van der Waals surface area contributed by atoms with Gasteiger partial charge in [-0.3, -0.25) is 0 Å². The van der Waals surface area contributed by atoms with Crippen molar-refractivity contribution in [2.45, 2.75) is 12.1 Å². The smallest absolute Gasteiger partial charge is 0.390 e. The van der Waals surface area contributed by atoms with Crippen molar-refractivity contribution in [2.24, 2.45) is 15.7 Å². The second kappa shape index (κ2) is 9.27. The lowest BCUT2D eigenvalue weighted by Crippen LogP contribution is -2.19. The van der Waals surface area contributed by atoms with Gasteiger partial charge in [0.25, 0.3) is 0 Å². The Morgan fingerprint density at radius 3 is 2.36 bits per heavy atom. The van der Waals surface area contributed by atoms with E-state index >= 15 is 0 Å². The van der Waals surface area contributed by atoms with E-state index in [-0.39, 0.29) is 32.4 Å². The summed E-state index contributed by atoms with van der Waals surface area (Å²) in [7, 11) is 0. The Bertz CT molecular complexity index is 1010. The van der Waals surface area contributed by atoms with E-state index in [0.717, 1.165) is 24.8 Å². The Balaban J connectivity index is 2.43. The van der Waals surface area contributed by atoms with E-state index in [1.54, 1.807) is 0 Å². The Hall–Kier alpha value is -3.00. The quantitative estimate of drug-likeness (QED) is 0.418. The molecular weight excluding hydrogens is 412 g/mol. The van der Waals surface area contributed by atoms with Crippen molar-refractivity contribution in [3.05, 3.63) is 63.1 Å². The molecule has 2 aromatic carbocycles. The van der Waals surface area contributed by atoms with Gasteiger partial charge in [-0.05, 0) is 42.0 Å². The fourth-order valence-electron chi connectivity index (χ4n) is 2.20. The number of hydrogen-bond donors (Lipinski definition) is 1. The van der Waals surface area contributed by atoms with Gasteiger partial charge in [0, 0.05) is 15.6 Å². The Morgan fingerprint density at radius 1 is 1.11 bits per heavy atom. The van der Waals surface area contributed by atoms with Crippen LogP contribution < -0.4 is 5.73 Å². The highest BCUT2D eigenvalue weighted by Crippen LogP contribution is 2.36. The van der Waals surface area contributed by atoms with E-state index in [0.29, 0.717) is 0 Å². The maximum atomic E-state index is 13.5. The molecule has 4 nitrogen and oxygen atoms in total. The molecule has 0 aromatic heterocycles. The molecule has 2 aromatic rings. The number of nitrogens with zero attached hydrogens (tertiary/aromatic N) is 3. The van der Waals surface area contributed by atoms with Gasteiger partial charge in [-0.1, -0.05) is 35.0 Å². The number of nitriles is 1. The summed E-state index contributed by atoms with van der Waals surface area (Å²) in [5.41, 5.74) is 5.55. The van der Waals surface area contributed by atoms with Gasteiger partial charge >= 0.3 is 6.18 Å². The average molecular weight is 423 g/mol. The van der Waals surface area contributed by atoms with Gasteiger partial charge in [-0.2, -0.15) is 18.4 Å². The summed E-state index contributed by atoms with van der Waals surface area (Å²) in [5.74, 6) is 2.55. The third-order valence-electron chi connectivity index (χ3n) is 3.37. The second-order valence-corrected chi connectivity index (χ2v) is 6.21. The standard InChI is InChI=1S/C19H11Cl2F3N4/c20-15-6-13(7-16(21)8-15)17(19(22,23)24)3-1-12-2-4-18(14(5-12)9-25)28-11-27-10-26/h2,4-8,10-11,17H,(H2,26,27,28)/t17-/m1/s1. The molecule has 2 N–H and O–H groups in total. The molecule has 0 saturated carbocycles. The van der Waals surface area contributed by atoms with Gasteiger partial charge in [0.15, 0.2) is 0 Å². The van der Waals surface area contributed by atoms with Crippen molar-refractivity contribution in [3.63, 3.8) is 0 Å². The molecule has 0 heterocycles. The van der Waals surface area contributed by atoms with Gasteiger partial charge < -0.3 is 5.73 Å². The fourth-order valence-corrected chi connectivity index (χ4v) is 2.74. The van der Waals surface area contributed by atoms with Crippen molar-refractivity contribution in [2.75, 3.05) is 0 Å². The van der Waals surface area contributed by atoms with Gasteiger partial charge in [-0.25, -0.2) is 9.98 Å². The lowest BCUT2D eigenvalue weighted by atomic mass is 9.98. The van der Waals surface area contributed by atoms with E-state index in [1.807, 2.05) is 6.07 Å². The molecule has 1 atom stereocenters. The molecule has 0 amide bonds. The number of aliphatic imine (C=N–C) groups is 2. The van der Waals surface area contributed by atoms with E-state index in [1.165, 1.54) is 24.3 Å². The highest BCUT2D eigenvalue weighted by atomic mass is 35.5. The number of rotatable bonds is 3. The summed E-state index contributed by atoms with van der Waals surface area (Å²) in [6.45, 7) is 0. The van der Waals surface area contributed by atoms with Crippen molar-refractivity contribution >= 4 is 41.6 Å². The van der Waals surface area contributed by atoms with Crippen LogP contribution in [0.5, 0.6) is 0 Å². The minimum absolute atomic E-state index is 0.0765. The Morgan fingerprint density at radius 2 is 1.79 bits per heavy atom. The molecule has 0 fully saturated rings. The number of hydrogen-bond acceptors (Lipinski definition) is 2. The third kappa shape index (κ3) is 5.75. The zero-order valence-electron chi connectivity index (χ0n) is 14.0. The number of alkyl halides is 3. The molecule has 0 aliphatic rings. The predicted molar refractivity (Wildman–Crippen MR) is 104 cm³/mol. The van der Waals surface area contributed by atoms with Gasteiger partial charge in [0.2, 0.25) is 0 Å². The van der Waals surface area contributed by atoms with Gasteiger partial charge in [-0.15, -0.1) is 0 Å². The van der Waals surface area contributed by atoms with Crippen molar-refractivity contribution < 1.29 is 13.2 Å². The van der Waals surface area contributed by atoms with Crippen molar-refractivity contribution in [1.82, 2.24) is 0 Å². The predicted octanol–water partition coefficient (Wildman–Crippen LogP) is 5.21. The zero-order chi connectivity index (χ0) is 20.7. The van der Waals surface area contributed by atoms with E-state index in [4.69, 9.17) is 28.9 Å². The topological polar surface area (TPSA) is 74.5 Å². The SMILES string of the molecule is N#Cc1cc(C#C[C@H](c2cc(Cl)cc(Cl)c2)C(F)(F)F)ccc1N=CN=CN. The Kier molecular flexibility index (Phi) is 7.06. The molecule has 0 aliphatic carbocycles. The van der Waals surface area contributed by atoms with Crippen LogP contribution in [0.2, 0.25) is 10.0 Å². The highest BCUT2D eigenvalue weighted by molar-refractivity contribution is 6.34. The summed E-state index contributed by atoms with van der Waals surface area (Å²) in [5, 5.41) is 9.35. The average Bonchev–Trinajstić information content (AvgIpc) is 2.61. The first-order valence-corrected chi connectivity index (χ1v) is 8.34. The van der Waals surface area contributed by atoms with E-state index < -0.39 is 12.1 Å². The van der Waals surface area contributed by atoms with E-state index in [2.05, 4.69) is 21.8 Å². The second-order valence-electron chi connectivity index (χ2n) is 5.33. The van der Waals surface area contributed by atoms with Crippen molar-refractivity contribution in [3.8, 4) is 17.9 Å². The maximum Gasteiger partial charge on any atom is 0.406 e. The number of benzene rings is 2. The first-order valence-electron chi connectivity index (χ1n) is 7.59. The molecular formula is C19H11Cl2F3N4. The summed E-state index contributed by atoms with van der Waals surface area (Å²) < 4.78 is 40.4. The zero-order valence-corrected chi connectivity index (χ0v) is 15.5. The molecule has 142 valence electrons. The molecule has 0 radical (unpaired) electrons.